The van der Waals surface area contributed by atoms with Crippen molar-refractivity contribution >= 4 is 11.3 Å². The van der Waals surface area contributed by atoms with Crippen LogP contribution in [0.3, 0.4) is 0 Å². The zero-order chi connectivity index (χ0) is 12.1. The Morgan fingerprint density at radius 2 is 2.12 bits per heavy atom. The first-order chi connectivity index (χ1) is 8.29. The summed E-state index contributed by atoms with van der Waals surface area (Å²) in [4.78, 5) is 4.17. The van der Waals surface area contributed by atoms with E-state index in [1.165, 1.54) is 5.56 Å². The third-order valence-corrected chi connectivity index (χ3v) is 3.32. The number of benzene rings is 1. The van der Waals surface area contributed by atoms with Gasteiger partial charge in [0, 0.05) is 11.4 Å². The van der Waals surface area contributed by atoms with Crippen molar-refractivity contribution in [2.75, 3.05) is 7.05 Å². The van der Waals surface area contributed by atoms with E-state index < -0.39 is 0 Å². The first-order valence-electron chi connectivity index (χ1n) is 5.56. The van der Waals surface area contributed by atoms with E-state index in [0.29, 0.717) is 12.6 Å². The molecule has 0 bridgehead atoms. The maximum Gasteiger partial charge on any atom is 0.131 e. The van der Waals surface area contributed by atoms with Gasteiger partial charge >= 0.3 is 0 Å². The molecule has 1 aromatic heterocycles. The number of hydrogen-bond acceptors (Lipinski definition) is 4. The Balaban J connectivity index is 1.94. The molecule has 2 rings (SSSR count). The molecular weight excluding hydrogens is 232 g/mol. The average Bonchev–Trinajstić information content (AvgIpc) is 2.89. The number of thiazole rings is 1. The van der Waals surface area contributed by atoms with E-state index in [1.807, 2.05) is 30.1 Å². The van der Waals surface area contributed by atoms with Gasteiger partial charge in [0.1, 0.15) is 12.4 Å². The number of ether oxygens (including phenoxy) is 1. The summed E-state index contributed by atoms with van der Waals surface area (Å²) in [5.74, 6) is 0.880. The summed E-state index contributed by atoms with van der Waals surface area (Å²) in [7, 11) is 1.96. The van der Waals surface area contributed by atoms with Crippen LogP contribution in [-0.2, 0) is 6.61 Å². The van der Waals surface area contributed by atoms with Crippen LogP contribution >= 0.6 is 11.3 Å². The highest BCUT2D eigenvalue weighted by Crippen LogP contribution is 2.18. The van der Waals surface area contributed by atoms with E-state index in [9.17, 15) is 0 Å². The minimum atomic E-state index is 0.364. The monoisotopic (exact) mass is 248 g/mol. The summed E-state index contributed by atoms with van der Waals surface area (Å²) in [6.45, 7) is 2.66. The summed E-state index contributed by atoms with van der Waals surface area (Å²) >= 11 is 1.58. The molecule has 0 radical (unpaired) electrons. The summed E-state index contributed by atoms with van der Waals surface area (Å²) in [5.41, 5.74) is 4.05. The van der Waals surface area contributed by atoms with Crippen LogP contribution in [0, 0.1) is 0 Å². The molecule has 0 aliphatic carbocycles. The molecule has 0 aliphatic heterocycles. The fraction of sp³-hybridized carbons (Fsp3) is 0.308. The van der Waals surface area contributed by atoms with Crippen molar-refractivity contribution in [3.05, 3.63) is 46.4 Å². The fourth-order valence-electron chi connectivity index (χ4n) is 1.49. The lowest BCUT2D eigenvalue weighted by Crippen LogP contribution is -2.11. The van der Waals surface area contributed by atoms with Crippen LogP contribution in [0.5, 0.6) is 5.75 Å². The first kappa shape index (κ1) is 12.1. The lowest BCUT2D eigenvalue weighted by atomic mass is 10.1. The van der Waals surface area contributed by atoms with E-state index in [1.54, 1.807) is 11.3 Å². The predicted molar refractivity (Wildman–Crippen MR) is 70.4 cm³/mol. The standard InChI is InChI=1S/C13H16N2OS/c1-10(14-2)11-3-5-13(6-4-11)16-7-12-8-17-9-15-12/h3-6,8-10,14H,7H2,1-2H3. The summed E-state index contributed by atoms with van der Waals surface area (Å²) in [6.07, 6.45) is 0. The maximum absolute atomic E-state index is 5.64. The van der Waals surface area contributed by atoms with Gasteiger partial charge in [-0.05, 0) is 31.7 Å². The van der Waals surface area contributed by atoms with Gasteiger partial charge in [-0.1, -0.05) is 12.1 Å². The van der Waals surface area contributed by atoms with Gasteiger partial charge in [0.2, 0.25) is 0 Å². The van der Waals surface area contributed by atoms with Gasteiger partial charge in [-0.25, -0.2) is 4.98 Å². The van der Waals surface area contributed by atoms with Crippen LogP contribution in [0.1, 0.15) is 24.2 Å². The van der Waals surface area contributed by atoms with Crippen LogP contribution < -0.4 is 10.1 Å². The summed E-state index contributed by atoms with van der Waals surface area (Å²) < 4.78 is 5.64. The van der Waals surface area contributed by atoms with Crippen LogP contribution in [0.25, 0.3) is 0 Å². The molecule has 1 atom stereocenters. The molecule has 17 heavy (non-hydrogen) atoms. The van der Waals surface area contributed by atoms with Gasteiger partial charge in [-0.3, -0.25) is 0 Å². The third kappa shape index (κ3) is 3.28. The molecule has 1 unspecified atom stereocenters. The average molecular weight is 248 g/mol. The van der Waals surface area contributed by atoms with Gasteiger partial charge in [-0.15, -0.1) is 11.3 Å². The summed E-state index contributed by atoms with van der Waals surface area (Å²) in [5, 5.41) is 5.20. The molecular formula is C13H16N2OS. The Kier molecular flexibility index (Phi) is 4.12. The first-order valence-corrected chi connectivity index (χ1v) is 6.51. The third-order valence-electron chi connectivity index (χ3n) is 2.68. The van der Waals surface area contributed by atoms with E-state index in [4.69, 9.17) is 4.74 Å². The highest BCUT2D eigenvalue weighted by Gasteiger charge is 2.02. The largest absolute Gasteiger partial charge is 0.487 e. The molecule has 0 aliphatic rings. The van der Waals surface area contributed by atoms with Crippen molar-refractivity contribution in [2.24, 2.45) is 0 Å². The second kappa shape index (κ2) is 5.80. The molecule has 1 N–H and O–H groups in total. The maximum atomic E-state index is 5.64. The Labute approximate surface area is 105 Å². The second-order valence-electron chi connectivity index (χ2n) is 3.85. The van der Waals surface area contributed by atoms with Crippen LogP contribution in [-0.4, -0.2) is 12.0 Å². The minimum absolute atomic E-state index is 0.364. The van der Waals surface area contributed by atoms with Gasteiger partial charge in [0.25, 0.3) is 0 Å². The zero-order valence-electron chi connectivity index (χ0n) is 10.0. The molecule has 1 heterocycles. The molecule has 1 aromatic carbocycles. The zero-order valence-corrected chi connectivity index (χ0v) is 10.8. The predicted octanol–water partition coefficient (Wildman–Crippen LogP) is 3.00. The number of nitrogens with zero attached hydrogens (tertiary/aromatic N) is 1. The van der Waals surface area contributed by atoms with Crippen molar-refractivity contribution in [3.63, 3.8) is 0 Å². The highest BCUT2D eigenvalue weighted by atomic mass is 32.1. The number of nitrogens with one attached hydrogen (secondary N) is 1. The minimum Gasteiger partial charge on any atom is -0.487 e. The lowest BCUT2D eigenvalue weighted by molar-refractivity contribution is 0.302. The fourth-order valence-corrected chi connectivity index (χ4v) is 2.03. The molecule has 0 fully saturated rings. The smallest absolute Gasteiger partial charge is 0.131 e. The van der Waals surface area contributed by atoms with Gasteiger partial charge < -0.3 is 10.1 Å². The van der Waals surface area contributed by atoms with Crippen LogP contribution in [0.4, 0.5) is 0 Å². The molecule has 0 amide bonds. The van der Waals surface area contributed by atoms with Crippen molar-refractivity contribution < 1.29 is 4.74 Å². The normalized spacial score (nSPS) is 12.4. The molecule has 2 aromatic rings. The Morgan fingerprint density at radius 3 is 2.71 bits per heavy atom. The lowest BCUT2D eigenvalue weighted by Gasteiger charge is -2.11. The molecule has 0 saturated carbocycles. The van der Waals surface area contributed by atoms with E-state index in [0.717, 1.165) is 11.4 Å². The SMILES string of the molecule is CNC(C)c1ccc(OCc2cscn2)cc1. The molecule has 4 heteroatoms. The van der Waals surface area contributed by atoms with Crippen LogP contribution in [0.2, 0.25) is 0 Å². The topological polar surface area (TPSA) is 34.1 Å². The Hall–Kier alpha value is -1.39. The van der Waals surface area contributed by atoms with Crippen molar-refractivity contribution in [1.82, 2.24) is 10.3 Å². The quantitative estimate of drug-likeness (QED) is 0.883. The van der Waals surface area contributed by atoms with E-state index in [2.05, 4.69) is 29.4 Å². The Bertz CT molecular complexity index is 439. The second-order valence-corrected chi connectivity index (χ2v) is 4.57. The van der Waals surface area contributed by atoms with Gasteiger partial charge in [0.05, 0.1) is 11.2 Å². The van der Waals surface area contributed by atoms with Crippen LogP contribution in [0.15, 0.2) is 35.2 Å². The Morgan fingerprint density at radius 1 is 1.35 bits per heavy atom. The number of rotatable bonds is 5. The van der Waals surface area contributed by atoms with Gasteiger partial charge in [-0.2, -0.15) is 0 Å². The van der Waals surface area contributed by atoms with Gasteiger partial charge in [0.15, 0.2) is 0 Å². The van der Waals surface area contributed by atoms with E-state index in [-0.39, 0.29) is 0 Å². The van der Waals surface area contributed by atoms with Crippen molar-refractivity contribution in [2.45, 2.75) is 19.6 Å². The molecule has 3 nitrogen and oxygen atoms in total. The van der Waals surface area contributed by atoms with Crippen molar-refractivity contribution in [1.29, 1.82) is 0 Å². The number of hydrogen-bond donors (Lipinski definition) is 1. The van der Waals surface area contributed by atoms with E-state index >= 15 is 0 Å². The highest BCUT2D eigenvalue weighted by molar-refractivity contribution is 7.07. The van der Waals surface area contributed by atoms with Crippen molar-refractivity contribution in [3.8, 4) is 5.75 Å². The summed E-state index contributed by atoms with van der Waals surface area (Å²) in [6, 6.07) is 8.52. The molecule has 90 valence electrons. The molecule has 0 spiro atoms. The molecule has 0 saturated heterocycles. The number of aromatic nitrogens is 1.